The van der Waals surface area contributed by atoms with E-state index in [4.69, 9.17) is 14.3 Å². The van der Waals surface area contributed by atoms with Gasteiger partial charge in [0.2, 0.25) is 6.10 Å². The van der Waals surface area contributed by atoms with Crippen molar-refractivity contribution in [3.8, 4) is 0 Å². The first kappa shape index (κ1) is 19.2. The summed E-state index contributed by atoms with van der Waals surface area (Å²) in [6.45, 7) is 5.51. The molecule has 1 saturated heterocycles. The van der Waals surface area contributed by atoms with Crippen molar-refractivity contribution < 1.29 is 19.1 Å². The Bertz CT molecular complexity index is 900. The average Bonchev–Trinajstić information content (AvgIpc) is 3.28. The van der Waals surface area contributed by atoms with E-state index in [0.717, 1.165) is 21.3 Å². The van der Waals surface area contributed by atoms with E-state index in [0.29, 0.717) is 6.42 Å². The predicted octanol–water partition coefficient (Wildman–Crippen LogP) is 5.10. The smallest absolute Gasteiger partial charge is 0.351 e. The summed E-state index contributed by atoms with van der Waals surface area (Å²) in [5.41, 5.74) is 3.45. The second-order valence-corrected chi connectivity index (χ2v) is 8.94. The Morgan fingerprint density at radius 1 is 1.04 bits per heavy atom. The Morgan fingerprint density at radius 3 is 2.18 bits per heavy atom. The standard InChI is InChI=1S/C22H22BrNO4/c1-22(2,3)27-21(25)18-12-17(24-28-18)13-4-6-14(7-5-13)19-20(26-19)15-8-10-16(23)11-9-15/h4-11,18-20H,12H2,1-3H3. The summed E-state index contributed by atoms with van der Waals surface area (Å²) < 4.78 is 12.3. The Morgan fingerprint density at radius 2 is 1.61 bits per heavy atom. The molecule has 2 aromatic carbocycles. The van der Waals surface area contributed by atoms with Gasteiger partial charge >= 0.3 is 5.97 Å². The highest BCUT2D eigenvalue weighted by atomic mass is 79.9. The maximum Gasteiger partial charge on any atom is 0.351 e. The maximum absolute atomic E-state index is 12.1. The Labute approximate surface area is 172 Å². The number of carbonyl (C=O) groups is 1. The molecule has 3 unspecified atom stereocenters. The molecule has 0 aliphatic carbocycles. The number of nitrogens with zero attached hydrogens (tertiary/aromatic N) is 1. The number of esters is 1. The van der Waals surface area contributed by atoms with E-state index in [2.05, 4.69) is 33.2 Å². The van der Waals surface area contributed by atoms with Crippen molar-refractivity contribution in [1.29, 1.82) is 0 Å². The Kier molecular flexibility index (Phi) is 5.02. The van der Waals surface area contributed by atoms with E-state index in [-0.39, 0.29) is 18.2 Å². The highest BCUT2D eigenvalue weighted by Gasteiger charge is 2.41. The van der Waals surface area contributed by atoms with E-state index in [1.807, 2.05) is 57.2 Å². The van der Waals surface area contributed by atoms with Gasteiger partial charge in [-0.3, -0.25) is 0 Å². The number of benzene rings is 2. The highest BCUT2D eigenvalue weighted by Crippen LogP contribution is 2.51. The highest BCUT2D eigenvalue weighted by molar-refractivity contribution is 9.10. The van der Waals surface area contributed by atoms with Crippen molar-refractivity contribution in [2.24, 2.45) is 5.16 Å². The van der Waals surface area contributed by atoms with Crippen LogP contribution in [-0.4, -0.2) is 23.4 Å². The molecule has 0 spiro atoms. The van der Waals surface area contributed by atoms with Gasteiger partial charge in [-0.05, 0) is 49.6 Å². The SMILES string of the molecule is CC(C)(C)OC(=O)C1CC(c2ccc(C3OC3c3ccc(Br)cc3)cc2)=NO1. The minimum atomic E-state index is -0.678. The zero-order chi connectivity index (χ0) is 19.9. The van der Waals surface area contributed by atoms with Gasteiger partial charge in [0.25, 0.3) is 0 Å². The largest absolute Gasteiger partial charge is 0.457 e. The van der Waals surface area contributed by atoms with Crippen molar-refractivity contribution in [2.45, 2.75) is 51.1 Å². The third-order valence-corrected chi connectivity index (χ3v) is 5.13. The minimum absolute atomic E-state index is 0.0755. The summed E-state index contributed by atoms with van der Waals surface area (Å²) in [5, 5.41) is 4.08. The molecule has 0 radical (unpaired) electrons. The van der Waals surface area contributed by atoms with Gasteiger partial charge in [-0.15, -0.1) is 0 Å². The zero-order valence-corrected chi connectivity index (χ0v) is 17.6. The summed E-state index contributed by atoms with van der Waals surface area (Å²) in [7, 11) is 0. The summed E-state index contributed by atoms with van der Waals surface area (Å²) in [6, 6.07) is 16.3. The zero-order valence-electron chi connectivity index (χ0n) is 16.0. The number of rotatable bonds is 4. The molecule has 146 valence electrons. The summed E-state index contributed by atoms with van der Waals surface area (Å²) in [6.07, 6.45) is -0.0907. The van der Waals surface area contributed by atoms with Crippen LogP contribution in [0.2, 0.25) is 0 Å². The molecule has 3 atom stereocenters. The Hall–Kier alpha value is -2.18. The molecule has 2 aromatic rings. The van der Waals surface area contributed by atoms with E-state index >= 15 is 0 Å². The van der Waals surface area contributed by atoms with E-state index < -0.39 is 11.7 Å². The molecule has 0 aromatic heterocycles. The third kappa shape index (κ3) is 4.28. The van der Waals surface area contributed by atoms with Gasteiger partial charge in [0.1, 0.15) is 17.8 Å². The lowest BCUT2D eigenvalue weighted by Gasteiger charge is -2.20. The van der Waals surface area contributed by atoms with Crippen molar-refractivity contribution >= 4 is 27.6 Å². The summed E-state index contributed by atoms with van der Waals surface area (Å²) in [5.74, 6) is -0.383. The fourth-order valence-electron chi connectivity index (χ4n) is 3.18. The quantitative estimate of drug-likeness (QED) is 0.487. The summed E-state index contributed by atoms with van der Waals surface area (Å²) >= 11 is 3.45. The fraction of sp³-hybridized carbons (Fsp3) is 0.364. The molecule has 6 heteroatoms. The van der Waals surface area contributed by atoms with Crippen LogP contribution >= 0.6 is 15.9 Å². The molecule has 2 aliphatic rings. The molecule has 0 N–H and O–H groups in total. The van der Waals surface area contributed by atoms with Crippen LogP contribution in [0.1, 0.15) is 56.1 Å². The van der Waals surface area contributed by atoms with Crippen LogP contribution in [0.4, 0.5) is 0 Å². The lowest BCUT2D eigenvalue weighted by Crippen LogP contribution is -2.32. The first-order valence-corrected chi connectivity index (χ1v) is 10.1. The number of hydrogen-bond acceptors (Lipinski definition) is 5. The molecule has 0 bridgehead atoms. The minimum Gasteiger partial charge on any atom is -0.457 e. The molecule has 0 amide bonds. The molecular formula is C22H22BrNO4. The van der Waals surface area contributed by atoms with Gasteiger partial charge in [-0.25, -0.2) is 4.79 Å². The normalized spacial score (nSPS) is 23.7. The molecule has 4 rings (SSSR count). The van der Waals surface area contributed by atoms with Crippen LogP contribution in [0.15, 0.2) is 58.2 Å². The van der Waals surface area contributed by atoms with Crippen LogP contribution in [0.5, 0.6) is 0 Å². The second kappa shape index (κ2) is 7.33. The molecular weight excluding hydrogens is 422 g/mol. The van der Waals surface area contributed by atoms with Crippen molar-refractivity contribution in [3.05, 3.63) is 69.7 Å². The van der Waals surface area contributed by atoms with Crippen molar-refractivity contribution in [3.63, 3.8) is 0 Å². The van der Waals surface area contributed by atoms with Gasteiger partial charge < -0.3 is 14.3 Å². The van der Waals surface area contributed by atoms with Gasteiger partial charge in [0.15, 0.2) is 0 Å². The van der Waals surface area contributed by atoms with Gasteiger partial charge in [-0.1, -0.05) is 57.5 Å². The number of oxime groups is 1. The van der Waals surface area contributed by atoms with Crippen LogP contribution in [0, 0.1) is 0 Å². The molecule has 0 saturated carbocycles. The van der Waals surface area contributed by atoms with Crippen molar-refractivity contribution in [2.75, 3.05) is 0 Å². The fourth-order valence-corrected chi connectivity index (χ4v) is 3.44. The number of ether oxygens (including phenoxy) is 2. The molecule has 1 fully saturated rings. The number of hydrogen-bond donors (Lipinski definition) is 0. The summed E-state index contributed by atoms with van der Waals surface area (Å²) in [4.78, 5) is 17.4. The first-order chi connectivity index (χ1) is 13.3. The topological polar surface area (TPSA) is 60.4 Å². The van der Waals surface area contributed by atoms with Crippen LogP contribution in [-0.2, 0) is 19.1 Å². The molecule has 28 heavy (non-hydrogen) atoms. The first-order valence-electron chi connectivity index (χ1n) is 9.27. The predicted molar refractivity (Wildman–Crippen MR) is 109 cm³/mol. The maximum atomic E-state index is 12.1. The van der Waals surface area contributed by atoms with Gasteiger partial charge in [0, 0.05) is 10.9 Å². The van der Waals surface area contributed by atoms with E-state index in [9.17, 15) is 4.79 Å². The molecule has 2 heterocycles. The average molecular weight is 444 g/mol. The Balaban J connectivity index is 1.37. The van der Waals surface area contributed by atoms with Crippen molar-refractivity contribution in [1.82, 2.24) is 0 Å². The van der Waals surface area contributed by atoms with Crippen LogP contribution in [0.25, 0.3) is 0 Å². The van der Waals surface area contributed by atoms with E-state index in [1.54, 1.807) is 0 Å². The monoisotopic (exact) mass is 443 g/mol. The molecule has 5 nitrogen and oxygen atoms in total. The molecule has 2 aliphatic heterocycles. The van der Waals surface area contributed by atoms with Gasteiger partial charge in [0.05, 0.1) is 5.71 Å². The number of epoxide rings is 1. The van der Waals surface area contributed by atoms with Gasteiger partial charge in [-0.2, -0.15) is 0 Å². The number of carbonyl (C=O) groups excluding carboxylic acids is 1. The second-order valence-electron chi connectivity index (χ2n) is 8.02. The van der Waals surface area contributed by atoms with Crippen LogP contribution < -0.4 is 0 Å². The van der Waals surface area contributed by atoms with E-state index in [1.165, 1.54) is 5.56 Å². The lowest BCUT2D eigenvalue weighted by molar-refractivity contribution is -0.166. The lowest BCUT2D eigenvalue weighted by atomic mass is 10.00. The number of halogens is 1. The third-order valence-electron chi connectivity index (χ3n) is 4.60. The van der Waals surface area contributed by atoms with Crippen LogP contribution in [0.3, 0.4) is 0 Å².